The van der Waals surface area contributed by atoms with Gasteiger partial charge in [-0.05, 0) is 18.4 Å². The Morgan fingerprint density at radius 2 is 2.00 bits per heavy atom. The maximum Gasteiger partial charge on any atom is 0.245 e. The predicted octanol–water partition coefficient (Wildman–Crippen LogP) is 2.54. The quantitative estimate of drug-likeness (QED) is 0.745. The summed E-state index contributed by atoms with van der Waals surface area (Å²) in [6.45, 7) is 6.46. The Morgan fingerprint density at radius 1 is 1.30 bits per heavy atom. The van der Waals surface area contributed by atoms with E-state index in [1.165, 1.54) is 0 Å². The monoisotopic (exact) mass is 392 g/mol. The van der Waals surface area contributed by atoms with Crippen LogP contribution in [0.2, 0.25) is 0 Å². The van der Waals surface area contributed by atoms with Crippen molar-refractivity contribution in [2.24, 2.45) is 5.92 Å². The number of nitrogens with zero attached hydrogens (tertiary/aromatic N) is 2. The molecule has 0 aromatic heterocycles. The molecule has 2 atom stereocenters. The second-order valence-corrected chi connectivity index (χ2v) is 8.36. The first kappa shape index (κ1) is 20.0. The summed E-state index contributed by atoms with van der Waals surface area (Å²) < 4.78 is 10.9. The molecule has 1 aromatic rings. The minimum absolute atomic E-state index is 0.0168. The lowest BCUT2D eigenvalue weighted by atomic mass is 9.99. The Bertz CT molecular complexity index is 676. The molecule has 0 spiro atoms. The summed E-state index contributed by atoms with van der Waals surface area (Å²) in [6, 6.07) is 7.28. The van der Waals surface area contributed by atoms with Crippen LogP contribution in [0.25, 0.3) is 0 Å². The predicted molar refractivity (Wildman–Crippen MR) is 106 cm³/mol. The number of para-hydroxylation sites is 1. The van der Waals surface area contributed by atoms with Crippen molar-refractivity contribution in [3.8, 4) is 5.75 Å². The van der Waals surface area contributed by atoms with Crippen LogP contribution < -0.4 is 4.74 Å². The van der Waals surface area contributed by atoms with Crippen molar-refractivity contribution in [3.63, 3.8) is 0 Å². The van der Waals surface area contributed by atoms with Gasteiger partial charge >= 0.3 is 0 Å². The van der Waals surface area contributed by atoms with Crippen molar-refractivity contribution in [1.29, 1.82) is 0 Å². The Kier molecular flexibility index (Phi) is 6.65. The highest BCUT2D eigenvalue weighted by molar-refractivity contribution is 8.00. The molecule has 0 aliphatic carbocycles. The highest BCUT2D eigenvalue weighted by Gasteiger charge is 2.43. The fraction of sp³-hybridized carbons (Fsp3) is 0.600. The summed E-state index contributed by atoms with van der Waals surface area (Å²) in [5.74, 6) is 1.48. The smallest absolute Gasteiger partial charge is 0.245 e. The maximum atomic E-state index is 13.3. The maximum absolute atomic E-state index is 13.3. The molecule has 6 nitrogen and oxygen atoms in total. The van der Waals surface area contributed by atoms with E-state index in [0.717, 1.165) is 11.3 Å². The van der Waals surface area contributed by atoms with Crippen LogP contribution in [0.5, 0.6) is 5.75 Å². The van der Waals surface area contributed by atoms with Crippen LogP contribution in [0.4, 0.5) is 0 Å². The first-order chi connectivity index (χ1) is 13.0. The minimum Gasteiger partial charge on any atom is -0.496 e. The number of rotatable bonds is 6. The fourth-order valence-corrected chi connectivity index (χ4v) is 4.91. The average Bonchev–Trinajstić information content (AvgIpc) is 3.07. The SMILES string of the molecule is COc1ccccc1C1SCC(=O)N1C(CC(C)C)C(=O)N1CCOCC1. The first-order valence-electron chi connectivity index (χ1n) is 9.45. The van der Waals surface area contributed by atoms with Gasteiger partial charge in [-0.15, -0.1) is 11.8 Å². The molecule has 0 radical (unpaired) electrons. The van der Waals surface area contributed by atoms with Gasteiger partial charge in [0.05, 0.1) is 26.1 Å². The van der Waals surface area contributed by atoms with E-state index < -0.39 is 6.04 Å². The van der Waals surface area contributed by atoms with Gasteiger partial charge in [-0.25, -0.2) is 0 Å². The highest BCUT2D eigenvalue weighted by atomic mass is 32.2. The van der Waals surface area contributed by atoms with Crippen LogP contribution in [0, 0.1) is 5.92 Å². The van der Waals surface area contributed by atoms with Crippen molar-refractivity contribution in [3.05, 3.63) is 29.8 Å². The second-order valence-electron chi connectivity index (χ2n) is 7.29. The lowest BCUT2D eigenvalue weighted by molar-refractivity contribution is -0.148. The molecule has 2 unspecified atom stereocenters. The van der Waals surface area contributed by atoms with Gasteiger partial charge < -0.3 is 19.3 Å². The van der Waals surface area contributed by atoms with Gasteiger partial charge in [0.25, 0.3) is 0 Å². The molecule has 0 N–H and O–H groups in total. The van der Waals surface area contributed by atoms with Gasteiger partial charge in [-0.2, -0.15) is 0 Å². The van der Waals surface area contributed by atoms with Crippen molar-refractivity contribution < 1.29 is 19.1 Å². The molecule has 2 amide bonds. The van der Waals surface area contributed by atoms with E-state index >= 15 is 0 Å². The van der Waals surface area contributed by atoms with Gasteiger partial charge in [0.2, 0.25) is 11.8 Å². The summed E-state index contributed by atoms with van der Waals surface area (Å²) in [6.07, 6.45) is 0.647. The zero-order chi connectivity index (χ0) is 19.4. The number of hydrogen-bond donors (Lipinski definition) is 0. The van der Waals surface area contributed by atoms with E-state index in [4.69, 9.17) is 9.47 Å². The molecule has 1 aromatic carbocycles. The van der Waals surface area contributed by atoms with Gasteiger partial charge in [0.15, 0.2) is 0 Å². The summed E-state index contributed by atoms with van der Waals surface area (Å²) >= 11 is 1.56. The van der Waals surface area contributed by atoms with E-state index in [-0.39, 0.29) is 17.2 Å². The fourth-order valence-electron chi connectivity index (χ4n) is 3.66. The molecule has 2 heterocycles. The third-order valence-corrected chi connectivity index (χ3v) is 6.16. The van der Waals surface area contributed by atoms with Gasteiger partial charge in [-0.1, -0.05) is 32.0 Å². The Balaban J connectivity index is 1.92. The third kappa shape index (κ3) is 4.41. The van der Waals surface area contributed by atoms with Crippen LogP contribution in [0.15, 0.2) is 24.3 Å². The molecule has 7 heteroatoms. The summed E-state index contributed by atoms with van der Waals surface area (Å²) in [5, 5.41) is -0.206. The number of morpholine rings is 1. The van der Waals surface area contributed by atoms with Gasteiger partial charge in [-0.3, -0.25) is 9.59 Å². The molecule has 0 bridgehead atoms. The molecule has 3 rings (SSSR count). The molecular weight excluding hydrogens is 364 g/mol. The number of benzene rings is 1. The van der Waals surface area contributed by atoms with Crippen LogP contribution in [0.1, 0.15) is 31.2 Å². The molecular formula is C20H28N2O4S. The normalized spacial score (nSPS) is 21.6. The minimum atomic E-state index is -0.458. The zero-order valence-electron chi connectivity index (χ0n) is 16.2. The molecule has 2 saturated heterocycles. The molecule has 2 aliphatic rings. The Labute approximate surface area is 165 Å². The number of ether oxygens (including phenoxy) is 2. The Morgan fingerprint density at radius 3 is 2.67 bits per heavy atom. The van der Waals surface area contributed by atoms with Gasteiger partial charge in [0, 0.05) is 18.7 Å². The zero-order valence-corrected chi connectivity index (χ0v) is 17.0. The van der Waals surface area contributed by atoms with Crippen molar-refractivity contribution in [1.82, 2.24) is 9.80 Å². The highest BCUT2D eigenvalue weighted by Crippen LogP contribution is 2.44. The third-order valence-electron chi connectivity index (χ3n) is 4.95. The van der Waals surface area contributed by atoms with Crippen molar-refractivity contribution >= 4 is 23.6 Å². The number of amides is 2. The lowest BCUT2D eigenvalue weighted by Gasteiger charge is -2.37. The average molecular weight is 393 g/mol. The van der Waals surface area contributed by atoms with E-state index in [1.54, 1.807) is 23.8 Å². The number of methoxy groups -OCH3 is 1. The first-order valence-corrected chi connectivity index (χ1v) is 10.5. The van der Waals surface area contributed by atoms with Crippen LogP contribution >= 0.6 is 11.8 Å². The van der Waals surface area contributed by atoms with Crippen LogP contribution in [0.3, 0.4) is 0 Å². The van der Waals surface area contributed by atoms with E-state index in [2.05, 4.69) is 13.8 Å². The summed E-state index contributed by atoms with van der Waals surface area (Å²) in [7, 11) is 1.63. The largest absolute Gasteiger partial charge is 0.496 e. The van der Waals surface area contributed by atoms with Crippen LogP contribution in [-0.4, -0.2) is 66.8 Å². The summed E-state index contributed by atoms with van der Waals surface area (Å²) in [4.78, 5) is 29.8. The van der Waals surface area contributed by atoms with Crippen LogP contribution in [-0.2, 0) is 14.3 Å². The van der Waals surface area contributed by atoms with E-state index in [1.807, 2.05) is 29.2 Å². The van der Waals surface area contributed by atoms with Crippen molar-refractivity contribution in [2.45, 2.75) is 31.7 Å². The number of carbonyl (C=O) groups is 2. The van der Waals surface area contributed by atoms with E-state index in [0.29, 0.717) is 44.4 Å². The second kappa shape index (κ2) is 8.97. The standard InChI is InChI=1S/C20H28N2O4S/c1-14(2)12-16(19(24)21-8-10-26-11-9-21)22-18(23)13-27-20(22)15-6-4-5-7-17(15)25-3/h4-7,14,16,20H,8-13H2,1-3H3. The lowest BCUT2D eigenvalue weighted by Crippen LogP contribution is -2.53. The molecule has 2 aliphatic heterocycles. The molecule has 2 fully saturated rings. The molecule has 27 heavy (non-hydrogen) atoms. The molecule has 0 saturated carbocycles. The topological polar surface area (TPSA) is 59.1 Å². The van der Waals surface area contributed by atoms with E-state index in [9.17, 15) is 9.59 Å². The number of hydrogen-bond acceptors (Lipinski definition) is 5. The van der Waals surface area contributed by atoms with Crippen molar-refractivity contribution in [2.75, 3.05) is 39.2 Å². The van der Waals surface area contributed by atoms with Gasteiger partial charge in [0.1, 0.15) is 17.2 Å². The number of carbonyl (C=O) groups excluding carboxylic acids is 2. The number of thioether (sulfide) groups is 1. The summed E-state index contributed by atoms with van der Waals surface area (Å²) in [5.41, 5.74) is 0.944. The molecule has 148 valence electrons. The Hall–Kier alpha value is -1.73.